The van der Waals surface area contributed by atoms with Crippen LogP contribution in [0, 0.1) is 15.9 Å². The molecule has 2 aromatic rings. The molecule has 1 aromatic carbocycles. The highest BCUT2D eigenvalue weighted by molar-refractivity contribution is 5.87. The molecule has 9 heteroatoms. The fourth-order valence-electron chi connectivity index (χ4n) is 1.89. The molecule has 8 nitrogen and oxygen atoms in total. The topological polar surface area (TPSA) is 118 Å². The van der Waals surface area contributed by atoms with Gasteiger partial charge in [0.25, 0.3) is 5.69 Å². The standard InChI is InChI=1S/C12H10FN3O5/c13-8-2-1-3-9(16(20)21)11(8)15-6-7(4-5-17)10(14-15)12(18)19/h1-3,6,17H,4-5H2,(H,18,19). The predicted octanol–water partition coefficient (Wildman–Crippen LogP) is 1.15. The van der Waals surface area contributed by atoms with Crippen LogP contribution in [0.3, 0.4) is 0 Å². The van der Waals surface area contributed by atoms with Gasteiger partial charge in [0.15, 0.2) is 17.2 Å². The molecule has 0 saturated heterocycles. The van der Waals surface area contributed by atoms with Crippen molar-refractivity contribution in [2.24, 2.45) is 0 Å². The molecule has 1 aromatic heterocycles. The number of nitro groups is 1. The minimum Gasteiger partial charge on any atom is -0.476 e. The van der Waals surface area contributed by atoms with Crippen LogP contribution >= 0.6 is 0 Å². The SMILES string of the molecule is O=C(O)c1nn(-c2c(F)cccc2[N+](=O)[O-])cc1CCO. The molecule has 0 aliphatic heterocycles. The molecule has 0 aliphatic rings. The minimum absolute atomic E-state index is 0.0100. The first-order valence-electron chi connectivity index (χ1n) is 5.81. The highest BCUT2D eigenvalue weighted by atomic mass is 19.1. The summed E-state index contributed by atoms with van der Waals surface area (Å²) in [6.45, 7) is -0.328. The van der Waals surface area contributed by atoms with E-state index in [0.29, 0.717) is 0 Å². The molecule has 0 bridgehead atoms. The Morgan fingerprint density at radius 2 is 2.19 bits per heavy atom. The summed E-state index contributed by atoms with van der Waals surface area (Å²) in [5.41, 5.74) is -1.22. The van der Waals surface area contributed by atoms with Crippen molar-refractivity contribution >= 4 is 11.7 Å². The van der Waals surface area contributed by atoms with Crippen LogP contribution in [0.25, 0.3) is 5.69 Å². The van der Waals surface area contributed by atoms with Crippen LogP contribution in [0.5, 0.6) is 0 Å². The number of hydrogen-bond acceptors (Lipinski definition) is 5. The van der Waals surface area contributed by atoms with Gasteiger partial charge in [0.1, 0.15) is 0 Å². The number of aliphatic hydroxyl groups excluding tert-OH is 1. The third kappa shape index (κ3) is 2.72. The first-order chi connectivity index (χ1) is 9.95. The number of aromatic carboxylic acids is 1. The number of benzene rings is 1. The Balaban J connectivity index is 2.65. The van der Waals surface area contributed by atoms with Gasteiger partial charge in [-0.2, -0.15) is 5.10 Å². The Hall–Kier alpha value is -2.81. The van der Waals surface area contributed by atoms with Gasteiger partial charge in [-0.1, -0.05) is 6.07 Å². The average Bonchev–Trinajstić information content (AvgIpc) is 2.82. The van der Waals surface area contributed by atoms with E-state index in [-0.39, 0.29) is 24.3 Å². The van der Waals surface area contributed by atoms with Gasteiger partial charge in [-0.15, -0.1) is 0 Å². The minimum atomic E-state index is -1.36. The van der Waals surface area contributed by atoms with E-state index in [1.807, 2.05) is 0 Å². The van der Waals surface area contributed by atoms with E-state index < -0.39 is 28.1 Å². The molecular formula is C12H10FN3O5. The first-order valence-corrected chi connectivity index (χ1v) is 5.81. The lowest BCUT2D eigenvalue weighted by Gasteiger charge is -2.03. The van der Waals surface area contributed by atoms with Gasteiger partial charge in [0, 0.05) is 24.4 Å². The normalized spacial score (nSPS) is 10.6. The van der Waals surface area contributed by atoms with Crippen LogP contribution < -0.4 is 0 Å². The second kappa shape index (κ2) is 5.67. The summed E-state index contributed by atoms with van der Waals surface area (Å²) in [7, 11) is 0. The van der Waals surface area contributed by atoms with Crippen molar-refractivity contribution in [2.45, 2.75) is 6.42 Å². The van der Waals surface area contributed by atoms with Gasteiger partial charge in [-0.05, 0) is 12.5 Å². The van der Waals surface area contributed by atoms with Crippen molar-refractivity contribution in [2.75, 3.05) is 6.61 Å². The summed E-state index contributed by atoms with van der Waals surface area (Å²) < 4.78 is 14.7. The summed E-state index contributed by atoms with van der Waals surface area (Å²) in [6.07, 6.45) is 1.15. The molecule has 0 fully saturated rings. The molecular weight excluding hydrogens is 285 g/mol. The van der Waals surface area contributed by atoms with E-state index in [0.717, 1.165) is 23.0 Å². The number of carbonyl (C=O) groups is 1. The molecule has 0 unspecified atom stereocenters. The van der Waals surface area contributed by atoms with E-state index in [9.17, 15) is 19.3 Å². The summed E-state index contributed by atoms with van der Waals surface area (Å²) in [6, 6.07) is 3.27. The number of aliphatic hydroxyl groups is 1. The Morgan fingerprint density at radius 3 is 2.76 bits per heavy atom. The van der Waals surface area contributed by atoms with Gasteiger partial charge >= 0.3 is 5.97 Å². The molecule has 2 N–H and O–H groups in total. The number of nitro benzene ring substituents is 1. The molecule has 0 aliphatic carbocycles. The van der Waals surface area contributed by atoms with Crippen LogP contribution in [0.2, 0.25) is 0 Å². The molecule has 1 heterocycles. The Morgan fingerprint density at radius 1 is 1.48 bits per heavy atom. The van der Waals surface area contributed by atoms with E-state index in [1.165, 1.54) is 6.07 Å². The first kappa shape index (κ1) is 14.6. The Labute approximate surface area is 117 Å². The maximum Gasteiger partial charge on any atom is 0.356 e. The van der Waals surface area contributed by atoms with Gasteiger partial charge in [-0.3, -0.25) is 10.1 Å². The maximum atomic E-state index is 13.9. The number of carboxylic acids is 1. The number of rotatable bonds is 5. The van der Waals surface area contributed by atoms with Crippen LogP contribution in [0.15, 0.2) is 24.4 Å². The van der Waals surface area contributed by atoms with Crippen LogP contribution in [-0.2, 0) is 6.42 Å². The van der Waals surface area contributed by atoms with Gasteiger partial charge in [0.05, 0.1) is 4.92 Å². The second-order valence-corrected chi connectivity index (χ2v) is 4.09. The van der Waals surface area contributed by atoms with Crippen molar-refractivity contribution in [3.8, 4) is 5.69 Å². The lowest BCUT2D eigenvalue weighted by molar-refractivity contribution is -0.384. The van der Waals surface area contributed by atoms with Crippen molar-refractivity contribution in [1.29, 1.82) is 0 Å². The average molecular weight is 295 g/mol. The Bertz CT molecular complexity index is 713. The molecule has 0 saturated carbocycles. The highest BCUT2D eigenvalue weighted by Crippen LogP contribution is 2.26. The molecule has 2 rings (SSSR count). The van der Waals surface area contributed by atoms with Gasteiger partial charge in [0.2, 0.25) is 0 Å². The number of para-hydroxylation sites is 1. The summed E-state index contributed by atoms with van der Waals surface area (Å²) in [4.78, 5) is 21.2. The number of aromatic nitrogens is 2. The maximum absolute atomic E-state index is 13.9. The molecule has 0 atom stereocenters. The second-order valence-electron chi connectivity index (χ2n) is 4.09. The summed E-state index contributed by atoms with van der Waals surface area (Å²) >= 11 is 0. The monoisotopic (exact) mass is 295 g/mol. The van der Waals surface area contributed by atoms with Crippen molar-refractivity contribution in [3.63, 3.8) is 0 Å². The lowest BCUT2D eigenvalue weighted by atomic mass is 10.2. The van der Waals surface area contributed by atoms with Gasteiger partial charge < -0.3 is 10.2 Å². The van der Waals surface area contributed by atoms with Crippen LogP contribution in [-0.4, -0.2) is 37.5 Å². The largest absolute Gasteiger partial charge is 0.476 e. The summed E-state index contributed by atoms with van der Waals surface area (Å²) in [5.74, 6) is -2.27. The van der Waals surface area contributed by atoms with E-state index in [1.54, 1.807) is 0 Å². The number of hydrogen-bond donors (Lipinski definition) is 2. The zero-order valence-electron chi connectivity index (χ0n) is 10.6. The smallest absolute Gasteiger partial charge is 0.356 e. The number of halogens is 1. The zero-order valence-corrected chi connectivity index (χ0v) is 10.6. The van der Waals surface area contributed by atoms with E-state index in [2.05, 4.69) is 5.10 Å². The zero-order chi connectivity index (χ0) is 15.6. The highest BCUT2D eigenvalue weighted by Gasteiger charge is 2.23. The van der Waals surface area contributed by atoms with E-state index in [4.69, 9.17) is 10.2 Å². The lowest BCUT2D eigenvalue weighted by Crippen LogP contribution is -2.06. The van der Waals surface area contributed by atoms with Crippen LogP contribution in [0.1, 0.15) is 16.1 Å². The third-order valence-electron chi connectivity index (χ3n) is 2.77. The molecule has 0 spiro atoms. The van der Waals surface area contributed by atoms with Crippen LogP contribution in [0.4, 0.5) is 10.1 Å². The fourth-order valence-corrected chi connectivity index (χ4v) is 1.89. The van der Waals surface area contributed by atoms with E-state index >= 15 is 0 Å². The number of carboxylic acid groups (broad SMARTS) is 1. The van der Waals surface area contributed by atoms with Gasteiger partial charge in [-0.25, -0.2) is 13.9 Å². The van der Waals surface area contributed by atoms with Crippen molar-refractivity contribution < 1.29 is 24.3 Å². The van der Waals surface area contributed by atoms with Crippen molar-refractivity contribution in [1.82, 2.24) is 9.78 Å². The molecule has 0 radical (unpaired) electrons. The fraction of sp³-hybridized carbons (Fsp3) is 0.167. The van der Waals surface area contributed by atoms with Crippen molar-refractivity contribution in [3.05, 3.63) is 51.6 Å². The summed E-state index contributed by atoms with van der Waals surface area (Å²) in [5, 5.41) is 32.5. The molecule has 110 valence electrons. The third-order valence-corrected chi connectivity index (χ3v) is 2.77. The predicted molar refractivity (Wildman–Crippen MR) is 67.9 cm³/mol. The quantitative estimate of drug-likeness (QED) is 0.631. The molecule has 0 amide bonds. The Kier molecular flexibility index (Phi) is 3.94. The molecule has 21 heavy (non-hydrogen) atoms. The number of nitrogens with zero attached hydrogens (tertiary/aromatic N) is 3.